The zero-order valence-corrected chi connectivity index (χ0v) is 15.1. The maximum atomic E-state index is 12.7. The number of hydrogen-bond acceptors (Lipinski definition) is 3. The topological polar surface area (TPSA) is 75.4 Å². The van der Waals surface area contributed by atoms with E-state index < -0.39 is 5.97 Å². The van der Waals surface area contributed by atoms with E-state index in [9.17, 15) is 9.59 Å². The maximum absolute atomic E-state index is 12.7. The standard InChI is InChI=1S/C17H29N3O3/c1-11(2)10-20(8-7-16(21)22)17(23)12(3)9-15-13(4)18-19(6)14(15)5/h11-12H,7-10H2,1-6H3,(H,21,22). The minimum absolute atomic E-state index is 0.0163. The van der Waals surface area contributed by atoms with Gasteiger partial charge in [0.1, 0.15) is 0 Å². The molecule has 1 aromatic rings. The fourth-order valence-electron chi connectivity index (χ4n) is 2.78. The molecule has 0 aliphatic rings. The highest BCUT2D eigenvalue weighted by Crippen LogP contribution is 2.19. The lowest BCUT2D eigenvalue weighted by Crippen LogP contribution is -2.39. The van der Waals surface area contributed by atoms with Gasteiger partial charge in [0.2, 0.25) is 5.91 Å². The van der Waals surface area contributed by atoms with E-state index >= 15 is 0 Å². The van der Waals surface area contributed by atoms with Gasteiger partial charge in [-0.3, -0.25) is 14.3 Å². The summed E-state index contributed by atoms with van der Waals surface area (Å²) < 4.78 is 1.83. The number of aliphatic carboxylic acids is 1. The van der Waals surface area contributed by atoms with Crippen molar-refractivity contribution in [1.82, 2.24) is 14.7 Å². The van der Waals surface area contributed by atoms with Crippen molar-refractivity contribution in [2.24, 2.45) is 18.9 Å². The molecule has 6 nitrogen and oxygen atoms in total. The van der Waals surface area contributed by atoms with Gasteiger partial charge >= 0.3 is 5.97 Å². The van der Waals surface area contributed by atoms with E-state index in [1.54, 1.807) is 4.90 Å². The third-order valence-electron chi connectivity index (χ3n) is 4.08. The zero-order valence-electron chi connectivity index (χ0n) is 15.1. The van der Waals surface area contributed by atoms with E-state index in [1.807, 2.05) is 46.3 Å². The Kier molecular flexibility index (Phi) is 6.79. The molecule has 0 aromatic carbocycles. The molecule has 1 unspecified atom stereocenters. The first-order valence-electron chi connectivity index (χ1n) is 8.13. The number of carboxylic acid groups (broad SMARTS) is 1. The van der Waals surface area contributed by atoms with Gasteiger partial charge in [0, 0.05) is 31.7 Å². The maximum Gasteiger partial charge on any atom is 0.305 e. The van der Waals surface area contributed by atoms with Crippen molar-refractivity contribution in [3.8, 4) is 0 Å². The summed E-state index contributed by atoms with van der Waals surface area (Å²) in [4.78, 5) is 25.2. The molecule has 0 fully saturated rings. The monoisotopic (exact) mass is 323 g/mol. The number of amides is 1. The molecule has 0 aliphatic heterocycles. The van der Waals surface area contributed by atoms with Crippen molar-refractivity contribution in [1.29, 1.82) is 0 Å². The Morgan fingerprint density at radius 3 is 2.30 bits per heavy atom. The van der Waals surface area contributed by atoms with Crippen LogP contribution in [-0.2, 0) is 23.1 Å². The van der Waals surface area contributed by atoms with Crippen LogP contribution in [0.2, 0.25) is 0 Å². The second-order valence-corrected chi connectivity index (χ2v) is 6.70. The largest absolute Gasteiger partial charge is 0.481 e. The minimum Gasteiger partial charge on any atom is -0.481 e. The fourth-order valence-corrected chi connectivity index (χ4v) is 2.78. The summed E-state index contributed by atoms with van der Waals surface area (Å²) in [6.45, 7) is 10.8. The fraction of sp³-hybridized carbons (Fsp3) is 0.706. The molecule has 0 spiro atoms. The van der Waals surface area contributed by atoms with Crippen LogP contribution in [0.25, 0.3) is 0 Å². The Morgan fingerprint density at radius 2 is 1.87 bits per heavy atom. The summed E-state index contributed by atoms with van der Waals surface area (Å²) >= 11 is 0. The summed E-state index contributed by atoms with van der Waals surface area (Å²) in [5.41, 5.74) is 3.13. The van der Waals surface area contributed by atoms with Crippen molar-refractivity contribution >= 4 is 11.9 Å². The smallest absolute Gasteiger partial charge is 0.305 e. The predicted octanol–water partition coefficient (Wildman–Crippen LogP) is 2.17. The molecule has 0 bridgehead atoms. The first-order valence-corrected chi connectivity index (χ1v) is 8.13. The van der Waals surface area contributed by atoms with E-state index in [0.29, 0.717) is 18.9 Å². The molecule has 1 aromatic heterocycles. The van der Waals surface area contributed by atoms with Crippen LogP contribution in [0.5, 0.6) is 0 Å². The molecule has 1 rings (SSSR count). The highest BCUT2D eigenvalue weighted by molar-refractivity contribution is 5.79. The molecule has 1 atom stereocenters. The van der Waals surface area contributed by atoms with E-state index in [-0.39, 0.29) is 24.8 Å². The average Bonchev–Trinajstić information content (AvgIpc) is 2.68. The Morgan fingerprint density at radius 1 is 1.26 bits per heavy atom. The lowest BCUT2D eigenvalue weighted by molar-refractivity contribution is -0.139. The van der Waals surface area contributed by atoms with E-state index in [1.165, 1.54) is 0 Å². The molecule has 23 heavy (non-hydrogen) atoms. The molecule has 0 aliphatic carbocycles. The van der Waals surface area contributed by atoms with E-state index in [0.717, 1.165) is 17.0 Å². The first-order chi connectivity index (χ1) is 10.6. The molecule has 1 N–H and O–H groups in total. The van der Waals surface area contributed by atoms with Gasteiger partial charge in [0.25, 0.3) is 0 Å². The van der Waals surface area contributed by atoms with Crippen LogP contribution in [0.4, 0.5) is 0 Å². The predicted molar refractivity (Wildman–Crippen MR) is 89.2 cm³/mol. The number of aryl methyl sites for hydroxylation is 2. The van der Waals surface area contributed by atoms with Crippen molar-refractivity contribution in [3.63, 3.8) is 0 Å². The molecule has 0 saturated heterocycles. The number of aromatic nitrogens is 2. The molecule has 0 radical (unpaired) electrons. The van der Waals surface area contributed by atoms with Gasteiger partial charge in [-0.1, -0.05) is 20.8 Å². The van der Waals surface area contributed by atoms with Crippen molar-refractivity contribution in [2.75, 3.05) is 13.1 Å². The molecule has 0 saturated carbocycles. The SMILES string of the molecule is Cc1nn(C)c(C)c1CC(C)C(=O)N(CCC(=O)O)CC(C)C. The highest BCUT2D eigenvalue weighted by atomic mass is 16.4. The van der Waals surface area contributed by atoms with Crippen LogP contribution in [0.1, 0.15) is 44.1 Å². The van der Waals surface area contributed by atoms with Crippen molar-refractivity contribution in [3.05, 3.63) is 17.0 Å². The lowest BCUT2D eigenvalue weighted by Gasteiger charge is -2.27. The number of carbonyl (C=O) groups excluding carboxylic acids is 1. The number of hydrogen-bond donors (Lipinski definition) is 1. The van der Waals surface area contributed by atoms with Gasteiger partial charge in [-0.25, -0.2) is 0 Å². The number of rotatable bonds is 8. The Bertz CT molecular complexity index is 564. The minimum atomic E-state index is -0.877. The zero-order chi connectivity index (χ0) is 17.7. The van der Waals surface area contributed by atoms with Gasteiger partial charge in [0.05, 0.1) is 12.1 Å². The van der Waals surface area contributed by atoms with Crippen LogP contribution < -0.4 is 0 Å². The molecular formula is C17H29N3O3. The van der Waals surface area contributed by atoms with Gasteiger partial charge in [-0.2, -0.15) is 5.10 Å². The van der Waals surface area contributed by atoms with Crippen LogP contribution in [0.15, 0.2) is 0 Å². The second kappa shape index (κ2) is 8.13. The highest BCUT2D eigenvalue weighted by Gasteiger charge is 2.24. The van der Waals surface area contributed by atoms with Crippen molar-refractivity contribution in [2.45, 2.75) is 47.5 Å². The van der Waals surface area contributed by atoms with E-state index in [2.05, 4.69) is 5.10 Å². The van der Waals surface area contributed by atoms with E-state index in [4.69, 9.17) is 5.11 Å². The quantitative estimate of drug-likeness (QED) is 0.795. The molecule has 130 valence electrons. The van der Waals surface area contributed by atoms with Gasteiger partial charge < -0.3 is 10.0 Å². The number of nitrogens with zero attached hydrogens (tertiary/aromatic N) is 3. The average molecular weight is 323 g/mol. The van der Waals surface area contributed by atoms with Crippen LogP contribution in [0.3, 0.4) is 0 Å². The Hall–Kier alpha value is -1.85. The Balaban J connectivity index is 2.82. The van der Waals surface area contributed by atoms with Crippen molar-refractivity contribution < 1.29 is 14.7 Å². The molecule has 1 heterocycles. The molecule has 1 amide bonds. The number of carboxylic acids is 1. The first kappa shape index (κ1) is 19.2. The summed E-state index contributed by atoms with van der Waals surface area (Å²) in [6, 6.07) is 0. The summed E-state index contributed by atoms with van der Waals surface area (Å²) in [6.07, 6.45) is 0.613. The molecule has 6 heteroatoms. The molecular weight excluding hydrogens is 294 g/mol. The number of carbonyl (C=O) groups is 2. The summed E-state index contributed by atoms with van der Waals surface area (Å²) in [7, 11) is 1.90. The third-order valence-corrected chi connectivity index (χ3v) is 4.08. The van der Waals surface area contributed by atoms with Crippen LogP contribution in [-0.4, -0.2) is 44.8 Å². The van der Waals surface area contributed by atoms with Gasteiger partial charge in [0.15, 0.2) is 0 Å². The third kappa shape index (κ3) is 5.37. The van der Waals surface area contributed by atoms with Crippen LogP contribution in [0, 0.1) is 25.7 Å². The normalized spacial score (nSPS) is 12.5. The second-order valence-electron chi connectivity index (χ2n) is 6.70. The summed E-state index contributed by atoms with van der Waals surface area (Å²) in [5.74, 6) is -0.744. The summed E-state index contributed by atoms with van der Waals surface area (Å²) in [5, 5.41) is 13.3. The van der Waals surface area contributed by atoms with Gasteiger partial charge in [-0.15, -0.1) is 0 Å². The Labute approximate surface area is 138 Å². The lowest BCUT2D eigenvalue weighted by atomic mass is 9.97. The van der Waals surface area contributed by atoms with Gasteiger partial charge in [-0.05, 0) is 31.7 Å². The van der Waals surface area contributed by atoms with Crippen LogP contribution >= 0.6 is 0 Å².